The van der Waals surface area contributed by atoms with Gasteiger partial charge in [-0.3, -0.25) is 9.69 Å². The first-order valence-electron chi connectivity index (χ1n) is 10.3. The minimum Gasteiger partial charge on any atom is -0.487 e. The molecule has 1 amide bonds. The summed E-state index contributed by atoms with van der Waals surface area (Å²) in [4.78, 5) is 17.4. The first-order valence-corrected chi connectivity index (χ1v) is 10.3. The summed E-state index contributed by atoms with van der Waals surface area (Å²) in [6, 6.07) is 10.4. The molecule has 5 rings (SSSR count). The van der Waals surface area contributed by atoms with Crippen LogP contribution < -0.4 is 10.6 Å². The Morgan fingerprint density at radius 3 is 2.77 bits per heavy atom. The Balaban J connectivity index is 1.32. The third-order valence-corrected chi connectivity index (χ3v) is 6.03. The maximum Gasteiger partial charge on any atom is 0.260 e. The number of benzene rings is 2. The van der Waals surface area contributed by atoms with Gasteiger partial charge in [0.15, 0.2) is 0 Å². The van der Waals surface area contributed by atoms with E-state index in [1.165, 1.54) is 12.1 Å². The number of anilines is 2. The van der Waals surface area contributed by atoms with E-state index in [-0.39, 0.29) is 11.7 Å². The first kappa shape index (κ1) is 19.1. The number of halogens is 1. The van der Waals surface area contributed by atoms with Gasteiger partial charge < -0.3 is 20.3 Å². The lowest BCUT2D eigenvalue weighted by molar-refractivity contribution is -0.110. The third-order valence-electron chi connectivity index (χ3n) is 6.03. The topological polar surface area (TPSA) is 56.8 Å². The van der Waals surface area contributed by atoms with Gasteiger partial charge in [-0.25, -0.2) is 4.39 Å². The van der Waals surface area contributed by atoms with Gasteiger partial charge in [-0.1, -0.05) is 0 Å². The van der Waals surface area contributed by atoms with Crippen LogP contribution >= 0.6 is 0 Å². The molecule has 0 spiro atoms. The highest BCUT2D eigenvalue weighted by Gasteiger charge is 2.32. The predicted octanol–water partition coefficient (Wildman–Crippen LogP) is 2.84. The Bertz CT molecular complexity index is 1030. The molecular weight excluding hydrogens is 383 g/mol. The Morgan fingerprint density at radius 1 is 1.10 bits per heavy atom. The average Bonchev–Trinajstić information content (AvgIpc) is 3.28. The molecule has 1 fully saturated rings. The summed E-state index contributed by atoms with van der Waals surface area (Å²) < 4.78 is 19.6. The number of hydrogen-bond acceptors (Lipinski definition) is 5. The lowest BCUT2D eigenvalue weighted by atomic mass is 10.00. The molecule has 3 heterocycles. The summed E-state index contributed by atoms with van der Waals surface area (Å²) in [6.45, 7) is 6.75. The number of piperazine rings is 1. The number of likely N-dealkylation sites (N-methyl/N-ethyl adjacent to an activating group) is 1. The number of fused-ring (bicyclic) bond motifs is 2. The van der Waals surface area contributed by atoms with E-state index in [4.69, 9.17) is 4.74 Å². The van der Waals surface area contributed by atoms with Gasteiger partial charge in [0.05, 0.1) is 5.57 Å². The highest BCUT2D eigenvalue weighted by molar-refractivity contribution is 6.36. The lowest BCUT2D eigenvalue weighted by Crippen LogP contribution is -2.45. The van der Waals surface area contributed by atoms with Gasteiger partial charge in [0, 0.05) is 67.3 Å². The highest BCUT2D eigenvalue weighted by atomic mass is 19.1. The molecule has 0 unspecified atom stereocenters. The molecule has 1 saturated heterocycles. The van der Waals surface area contributed by atoms with E-state index in [0.717, 1.165) is 56.1 Å². The molecule has 2 N–H and O–H groups in total. The number of hydrogen-bond donors (Lipinski definition) is 2. The minimum absolute atomic E-state index is 0.257. The summed E-state index contributed by atoms with van der Waals surface area (Å²) in [5.41, 5.74) is 4.53. The van der Waals surface area contributed by atoms with Crippen LogP contribution in [-0.2, 0) is 16.1 Å². The van der Waals surface area contributed by atoms with Gasteiger partial charge in [-0.05, 0) is 43.4 Å². The second-order valence-electron chi connectivity index (χ2n) is 8.08. The van der Waals surface area contributed by atoms with Crippen LogP contribution in [0.15, 0.2) is 36.4 Å². The molecule has 0 aromatic heterocycles. The van der Waals surface area contributed by atoms with Crippen molar-refractivity contribution in [3.63, 3.8) is 0 Å². The van der Waals surface area contributed by atoms with Crippen LogP contribution in [0.25, 0.3) is 11.3 Å². The molecule has 0 aliphatic carbocycles. The molecule has 3 aliphatic heterocycles. The van der Waals surface area contributed by atoms with Crippen molar-refractivity contribution >= 4 is 28.6 Å². The molecule has 0 bridgehead atoms. The largest absolute Gasteiger partial charge is 0.487 e. The zero-order valence-electron chi connectivity index (χ0n) is 17.0. The van der Waals surface area contributed by atoms with Gasteiger partial charge in [0.25, 0.3) is 5.91 Å². The zero-order chi connectivity index (χ0) is 20.7. The minimum atomic E-state index is -0.374. The van der Waals surface area contributed by atoms with Crippen LogP contribution in [0.1, 0.15) is 16.7 Å². The van der Waals surface area contributed by atoms with Crippen molar-refractivity contribution in [3.8, 4) is 0 Å². The lowest BCUT2D eigenvalue weighted by Gasteiger charge is -2.32. The fourth-order valence-corrected chi connectivity index (χ4v) is 4.27. The molecule has 2 aromatic carbocycles. The number of nitrogens with one attached hydrogen (secondary N) is 2. The van der Waals surface area contributed by atoms with Gasteiger partial charge in [0.1, 0.15) is 18.2 Å². The smallest absolute Gasteiger partial charge is 0.260 e. The van der Waals surface area contributed by atoms with E-state index < -0.39 is 0 Å². The predicted molar refractivity (Wildman–Crippen MR) is 116 cm³/mol. The SMILES string of the molecule is CN1CCN(CCNc2ccc3c(c2)CO/C3=C2/C(=O)Nc3ccc(F)cc32)CC1. The van der Waals surface area contributed by atoms with Crippen molar-refractivity contribution < 1.29 is 13.9 Å². The van der Waals surface area contributed by atoms with Crippen LogP contribution in [0, 0.1) is 5.82 Å². The fourth-order valence-electron chi connectivity index (χ4n) is 4.27. The van der Waals surface area contributed by atoms with E-state index in [9.17, 15) is 9.18 Å². The maximum absolute atomic E-state index is 13.8. The second-order valence-corrected chi connectivity index (χ2v) is 8.08. The molecule has 0 saturated carbocycles. The Kier molecular flexibility index (Phi) is 4.92. The van der Waals surface area contributed by atoms with Crippen LogP contribution in [0.2, 0.25) is 0 Å². The summed E-state index contributed by atoms with van der Waals surface area (Å²) >= 11 is 0. The first-order chi connectivity index (χ1) is 14.6. The van der Waals surface area contributed by atoms with E-state index in [1.54, 1.807) is 6.07 Å². The van der Waals surface area contributed by atoms with Crippen LogP contribution in [0.5, 0.6) is 0 Å². The molecule has 3 aliphatic rings. The van der Waals surface area contributed by atoms with Crippen molar-refractivity contribution in [2.75, 3.05) is 56.9 Å². The van der Waals surface area contributed by atoms with Gasteiger partial charge >= 0.3 is 0 Å². The fraction of sp³-hybridized carbons (Fsp3) is 0.348. The van der Waals surface area contributed by atoms with Crippen molar-refractivity contribution in [1.29, 1.82) is 0 Å². The van der Waals surface area contributed by atoms with E-state index in [0.29, 0.717) is 29.2 Å². The maximum atomic E-state index is 13.8. The zero-order valence-corrected chi connectivity index (χ0v) is 17.0. The summed E-state index contributed by atoms with van der Waals surface area (Å²) in [5.74, 6) is -0.106. The third kappa shape index (κ3) is 3.55. The van der Waals surface area contributed by atoms with Crippen LogP contribution in [-0.4, -0.2) is 62.0 Å². The molecular formula is C23H25FN4O2. The summed E-state index contributed by atoms with van der Waals surface area (Å²) in [5, 5.41) is 6.29. The molecule has 0 atom stereocenters. The number of carbonyl (C=O) groups excluding carboxylic acids is 1. The monoisotopic (exact) mass is 408 g/mol. The van der Waals surface area contributed by atoms with Crippen LogP contribution in [0.4, 0.5) is 15.8 Å². The number of amides is 1. The number of carbonyl (C=O) groups is 1. The van der Waals surface area contributed by atoms with E-state index in [2.05, 4.69) is 33.5 Å². The molecule has 2 aromatic rings. The second kappa shape index (κ2) is 7.74. The quantitative estimate of drug-likeness (QED) is 0.762. The summed E-state index contributed by atoms with van der Waals surface area (Å²) in [7, 11) is 2.16. The highest BCUT2D eigenvalue weighted by Crippen LogP contribution is 2.42. The molecule has 30 heavy (non-hydrogen) atoms. The van der Waals surface area contributed by atoms with Crippen molar-refractivity contribution in [2.24, 2.45) is 0 Å². The van der Waals surface area contributed by atoms with Crippen molar-refractivity contribution in [1.82, 2.24) is 9.80 Å². The summed E-state index contributed by atoms with van der Waals surface area (Å²) in [6.07, 6.45) is 0. The van der Waals surface area contributed by atoms with Crippen molar-refractivity contribution in [2.45, 2.75) is 6.61 Å². The normalized spacial score (nSPS) is 21.2. The average molecular weight is 408 g/mol. The van der Waals surface area contributed by atoms with Gasteiger partial charge in [-0.2, -0.15) is 0 Å². The van der Waals surface area contributed by atoms with E-state index >= 15 is 0 Å². The van der Waals surface area contributed by atoms with Crippen molar-refractivity contribution in [3.05, 3.63) is 58.9 Å². The number of ether oxygens (including phenoxy) is 1. The van der Waals surface area contributed by atoms with E-state index in [1.807, 2.05) is 12.1 Å². The van der Waals surface area contributed by atoms with Crippen LogP contribution in [0.3, 0.4) is 0 Å². The molecule has 156 valence electrons. The molecule has 7 heteroatoms. The number of rotatable bonds is 4. The Hall–Kier alpha value is -2.90. The van der Waals surface area contributed by atoms with Gasteiger partial charge in [-0.15, -0.1) is 0 Å². The van der Waals surface area contributed by atoms with Gasteiger partial charge in [0.2, 0.25) is 0 Å². The standard InChI is InChI=1S/C23H25FN4O2/c1-27-8-10-28(11-9-27)7-6-25-17-3-4-18-15(12-17)14-30-22(18)21-19-13-16(24)2-5-20(19)26-23(21)29/h2-5,12-13,25H,6-11,14H2,1H3,(H,26,29)/b22-21+. The molecule has 0 radical (unpaired) electrons. The molecule has 6 nitrogen and oxygen atoms in total. The Morgan fingerprint density at radius 2 is 1.93 bits per heavy atom. The Labute approximate surface area is 175 Å². The number of nitrogens with zero attached hydrogens (tertiary/aromatic N) is 2.